The molecular weight excluding hydrogens is 370 g/mol. The Labute approximate surface area is 163 Å². The van der Waals surface area contributed by atoms with Crippen LogP contribution in [0.5, 0.6) is 11.5 Å². The lowest BCUT2D eigenvalue weighted by Gasteiger charge is -2.15. The maximum Gasteiger partial charge on any atom is 0.180 e. The smallest absolute Gasteiger partial charge is 0.180 e. The molecule has 0 aromatic heterocycles. The van der Waals surface area contributed by atoms with Crippen molar-refractivity contribution < 1.29 is 9.47 Å². The van der Waals surface area contributed by atoms with E-state index in [-0.39, 0.29) is 6.10 Å². The van der Waals surface area contributed by atoms with Gasteiger partial charge in [-0.2, -0.15) is 5.10 Å². The van der Waals surface area contributed by atoms with Crippen LogP contribution in [-0.4, -0.2) is 24.6 Å². The molecule has 0 fully saturated rings. The van der Waals surface area contributed by atoms with Crippen LogP contribution < -0.4 is 15.2 Å². The maximum atomic E-state index is 6.29. The van der Waals surface area contributed by atoms with Crippen molar-refractivity contribution in [3.8, 4) is 11.5 Å². The number of ether oxygens (including phenoxy) is 2. The highest BCUT2D eigenvalue weighted by Gasteiger charge is 2.12. The van der Waals surface area contributed by atoms with Gasteiger partial charge in [0.15, 0.2) is 16.7 Å². The lowest BCUT2D eigenvalue weighted by molar-refractivity contribution is 0.230. The third kappa shape index (κ3) is 6.28. The van der Waals surface area contributed by atoms with Crippen molar-refractivity contribution in [3.05, 3.63) is 58.6 Å². The maximum absolute atomic E-state index is 6.29. The van der Waals surface area contributed by atoms with E-state index in [1.54, 1.807) is 25.5 Å². The molecule has 2 N–H and O–H groups in total. The summed E-state index contributed by atoms with van der Waals surface area (Å²) in [6, 6.07) is 13.6. The van der Waals surface area contributed by atoms with Gasteiger partial charge in [0.05, 0.1) is 24.5 Å². The van der Waals surface area contributed by atoms with Gasteiger partial charge in [-0.1, -0.05) is 53.7 Å². The Hall–Kier alpha value is -2.18. The van der Waals surface area contributed by atoms with Gasteiger partial charge in [-0.3, -0.25) is 0 Å². The monoisotopic (exact) mass is 391 g/mol. The summed E-state index contributed by atoms with van der Waals surface area (Å²) in [6.07, 6.45) is 1.57. The van der Waals surface area contributed by atoms with E-state index < -0.39 is 0 Å². The summed E-state index contributed by atoms with van der Waals surface area (Å²) in [5.41, 5.74) is 7.80. The molecule has 2 rings (SSSR count). The van der Waals surface area contributed by atoms with Gasteiger partial charge in [-0.25, -0.2) is 0 Å². The molecule has 0 saturated heterocycles. The van der Waals surface area contributed by atoms with Crippen molar-refractivity contribution in [1.82, 2.24) is 0 Å². The molecule has 0 heterocycles. The first kappa shape index (κ1) is 20.1. The number of rotatable bonds is 7. The van der Waals surface area contributed by atoms with E-state index in [9.17, 15) is 0 Å². The van der Waals surface area contributed by atoms with Crippen LogP contribution >= 0.6 is 23.4 Å². The molecule has 0 unspecified atom stereocenters. The van der Waals surface area contributed by atoms with Crippen molar-refractivity contribution in [2.24, 2.45) is 15.9 Å². The van der Waals surface area contributed by atoms with Crippen LogP contribution in [0, 0.1) is 0 Å². The fourth-order valence-corrected chi connectivity index (χ4v) is 2.95. The molecule has 2 aromatic rings. The average molecular weight is 392 g/mol. The summed E-state index contributed by atoms with van der Waals surface area (Å²) >= 11 is 7.71. The number of methoxy groups -OCH3 is 1. The quantitative estimate of drug-likeness (QED) is 0.421. The van der Waals surface area contributed by atoms with E-state index in [4.69, 9.17) is 26.8 Å². The Kier molecular flexibility index (Phi) is 7.81. The Bertz CT molecular complexity index is 780. The molecule has 0 atom stereocenters. The minimum absolute atomic E-state index is 0.00745. The van der Waals surface area contributed by atoms with Gasteiger partial charge in [0.2, 0.25) is 0 Å². The second-order valence-corrected chi connectivity index (χ2v) is 7.06. The second kappa shape index (κ2) is 10.1. The molecule has 26 heavy (non-hydrogen) atoms. The number of nitrogens with zero attached hydrogens (tertiary/aromatic N) is 2. The Morgan fingerprint density at radius 1 is 1.27 bits per heavy atom. The molecule has 7 heteroatoms. The summed E-state index contributed by atoms with van der Waals surface area (Å²) in [5.74, 6) is 1.80. The summed E-state index contributed by atoms with van der Waals surface area (Å²) in [6.45, 7) is 3.85. The van der Waals surface area contributed by atoms with Crippen molar-refractivity contribution in [1.29, 1.82) is 0 Å². The zero-order valence-corrected chi connectivity index (χ0v) is 16.6. The SMILES string of the molecule is COc1cc(C=NN=C(N)SCc2ccccc2)cc(Cl)c1OC(C)C. The van der Waals surface area contributed by atoms with E-state index in [0.29, 0.717) is 21.7 Å². The summed E-state index contributed by atoms with van der Waals surface area (Å²) < 4.78 is 11.0. The topological polar surface area (TPSA) is 69.2 Å². The Morgan fingerprint density at radius 3 is 2.65 bits per heavy atom. The van der Waals surface area contributed by atoms with Crippen LogP contribution in [0.25, 0.3) is 0 Å². The fourth-order valence-electron chi connectivity index (χ4n) is 2.08. The molecule has 0 radical (unpaired) electrons. The Balaban J connectivity index is 2.03. The van der Waals surface area contributed by atoms with Crippen molar-refractivity contribution in [3.63, 3.8) is 0 Å². The zero-order chi connectivity index (χ0) is 18.9. The molecule has 2 aromatic carbocycles. The highest BCUT2D eigenvalue weighted by Crippen LogP contribution is 2.36. The molecule has 138 valence electrons. The molecule has 0 aliphatic carbocycles. The number of benzene rings is 2. The van der Waals surface area contributed by atoms with Crippen LogP contribution in [0.1, 0.15) is 25.0 Å². The molecule has 0 bridgehead atoms. The normalized spacial score (nSPS) is 12.0. The second-order valence-electron chi connectivity index (χ2n) is 5.66. The number of nitrogens with two attached hydrogens (primary N) is 1. The van der Waals surface area contributed by atoms with Crippen molar-refractivity contribution in [2.45, 2.75) is 25.7 Å². The average Bonchev–Trinajstić information content (AvgIpc) is 2.62. The summed E-state index contributed by atoms with van der Waals surface area (Å²) in [7, 11) is 1.57. The number of hydrogen-bond donors (Lipinski definition) is 1. The van der Waals surface area contributed by atoms with Crippen LogP contribution in [0.4, 0.5) is 0 Å². The van der Waals surface area contributed by atoms with Gasteiger partial charge < -0.3 is 15.2 Å². The largest absolute Gasteiger partial charge is 0.493 e. The van der Waals surface area contributed by atoms with E-state index in [2.05, 4.69) is 10.2 Å². The van der Waals surface area contributed by atoms with E-state index >= 15 is 0 Å². The van der Waals surface area contributed by atoms with Crippen molar-refractivity contribution in [2.75, 3.05) is 7.11 Å². The number of hydrogen-bond acceptors (Lipinski definition) is 5. The number of thioether (sulfide) groups is 1. The minimum atomic E-state index is -0.00745. The predicted octanol–water partition coefficient (Wildman–Crippen LogP) is 4.72. The van der Waals surface area contributed by atoms with Crippen LogP contribution in [-0.2, 0) is 5.75 Å². The first-order chi connectivity index (χ1) is 12.5. The molecule has 0 aliphatic rings. The number of amidine groups is 1. The lowest BCUT2D eigenvalue weighted by atomic mass is 10.2. The highest BCUT2D eigenvalue weighted by molar-refractivity contribution is 8.13. The highest BCUT2D eigenvalue weighted by atomic mass is 35.5. The third-order valence-corrected chi connectivity index (χ3v) is 4.33. The van der Waals surface area contributed by atoms with E-state index in [1.165, 1.54) is 17.3 Å². The third-order valence-electron chi connectivity index (χ3n) is 3.20. The molecule has 0 amide bonds. The minimum Gasteiger partial charge on any atom is -0.493 e. The van der Waals surface area contributed by atoms with Crippen LogP contribution in [0.2, 0.25) is 5.02 Å². The standard InChI is InChI=1S/C19H22ClN3O2S/c1-13(2)25-18-16(20)9-15(10-17(18)24-3)11-22-23-19(21)26-12-14-7-5-4-6-8-14/h4-11,13H,12H2,1-3H3,(H2,21,23). The van der Waals surface area contributed by atoms with Gasteiger partial charge in [-0.05, 0) is 31.5 Å². The van der Waals surface area contributed by atoms with Gasteiger partial charge in [0.1, 0.15) is 0 Å². The first-order valence-electron chi connectivity index (χ1n) is 8.07. The predicted molar refractivity (Wildman–Crippen MR) is 111 cm³/mol. The Morgan fingerprint density at radius 2 is 2.00 bits per heavy atom. The lowest BCUT2D eigenvalue weighted by Crippen LogP contribution is -2.07. The van der Waals surface area contributed by atoms with Crippen LogP contribution in [0.15, 0.2) is 52.7 Å². The molecule has 0 aliphatic heterocycles. The molecular formula is C19H22ClN3O2S. The van der Waals surface area contributed by atoms with Gasteiger partial charge in [-0.15, -0.1) is 5.10 Å². The summed E-state index contributed by atoms with van der Waals surface area (Å²) in [5, 5.41) is 8.87. The van der Waals surface area contributed by atoms with Gasteiger partial charge >= 0.3 is 0 Å². The first-order valence-corrected chi connectivity index (χ1v) is 9.43. The fraction of sp³-hybridized carbons (Fsp3) is 0.263. The zero-order valence-electron chi connectivity index (χ0n) is 15.0. The van der Waals surface area contributed by atoms with Gasteiger partial charge in [0, 0.05) is 11.3 Å². The van der Waals surface area contributed by atoms with Crippen LogP contribution in [0.3, 0.4) is 0 Å². The van der Waals surface area contributed by atoms with Crippen molar-refractivity contribution >= 4 is 34.7 Å². The van der Waals surface area contributed by atoms with E-state index in [1.807, 2.05) is 44.2 Å². The molecule has 0 saturated carbocycles. The number of halogens is 1. The van der Waals surface area contributed by atoms with Gasteiger partial charge in [0.25, 0.3) is 0 Å². The van der Waals surface area contributed by atoms with E-state index in [0.717, 1.165) is 11.3 Å². The summed E-state index contributed by atoms with van der Waals surface area (Å²) in [4.78, 5) is 0. The molecule has 5 nitrogen and oxygen atoms in total. The molecule has 0 spiro atoms.